The Labute approximate surface area is 204 Å². The van der Waals surface area contributed by atoms with E-state index in [1.807, 2.05) is 0 Å². The van der Waals surface area contributed by atoms with Crippen LogP contribution < -0.4 is 0 Å². The molecule has 1 aromatic carbocycles. The highest BCUT2D eigenvalue weighted by Gasteiger charge is 2.31. The molecule has 2 nitrogen and oxygen atoms in total. The van der Waals surface area contributed by atoms with Crippen molar-refractivity contribution in [2.45, 2.75) is 92.4 Å². The molecule has 1 aromatic rings. The summed E-state index contributed by atoms with van der Waals surface area (Å²) < 4.78 is 20.8. The summed E-state index contributed by atoms with van der Waals surface area (Å²) in [6.45, 7) is 15.1. The highest BCUT2D eigenvalue weighted by molar-refractivity contribution is 6.32. The molecule has 0 atom stereocenters. The third-order valence-corrected chi connectivity index (χ3v) is 7.03. The van der Waals surface area contributed by atoms with E-state index in [0.29, 0.717) is 17.7 Å². The van der Waals surface area contributed by atoms with Crippen LogP contribution in [-0.2, 0) is 4.74 Å². The molecule has 0 heterocycles. The van der Waals surface area contributed by atoms with Crippen LogP contribution in [0, 0.1) is 5.41 Å². The molecular weight excluding hydrogens is 435 g/mol. The first-order valence-electron chi connectivity index (χ1n) is 12.3. The number of hydrogen-bond donors (Lipinski definition) is 0. The molecule has 2 rings (SSSR count). The minimum atomic E-state index is -0.424. The summed E-state index contributed by atoms with van der Waals surface area (Å²) in [6, 6.07) is 4.63. The van der Waals surface area contributed by atoms with Crippen molar-refractivity contribution in [3.63, 3.8) is 0 Å². The number of carbonyl (C=O) groups excluding carboxylic acids is 1. The number of halogens is 2. The lowest BCUT2D eigenvalue weighted by Gasteiger charge is -2.36. The zero-order chi connectivity index (χ0) is 24.6. The first-order chi connectivity index (χ1) is 15.6. The van der Waals surface area contributed by atoms with Gasteiger partial charge in [0.25, 0.3) is 0 Å². The van der Waals surface area contributed by atoms with Gasteiger partial charge in [0.1, 0.15) is 5.83 Å². The number of allylic oxidation sites excluding steroid dienone is 4. The quantitative estimate of drug-likeness (QED) is 0.181. The van der Waals surface area contributed by atoms with Gasteiger partial charge in [0.2, 0.25) is 0 Å². The standard InChI is InChI=1S/C29H40ClFO2/c1-7-8-9-10-11-12-18-33-28(32)23-15-16-24(25(30)19-23)27(31)22(4)21(3)26-20(2)14-13-17-29(26,5)6/h15-16,19H,3,7-14,17-18H2,1-2,4-6H3/b27-22-. The Hall–Kier alpha value is -1.87. The van der Waals surface area contributed by atoms with Gasteiger partial charge in [-0.3, -0.25) is 0 Å². The maximum absolute atomic E-state index is 15.5. The van der Waals surface area contributed by atoms with Crippen LogP contribution in [0.5, 0.6) is 0 Å². The Morgan fingerprint density at radius 2 is 1.85 bits per heavy atom. The number of esters is 1. The number of unbranched alkanes of at least 4 members (excludes halogenated alkanes) is 5. The summed E-state index contributed by atoms with van der Waals surface area (Å²) in [5.74, 6) is -0.828. The molecule has 1 aliphatic carbocycles. The molecular formula is C29H40ClFO2. The molecule has 0 fully saturated rings. The molecule has 0 aliphatic heterocycles. The second-order valence-electron chi connectivity index (χ2n) is 9.91. The lowest BCUT2D eigenvalue weighted by atomic mass is 9.69. The summed E-state index contributed by atoms with van der Waals surface area (Å²) in [6.07, 6.45) is 9.97. The van der Waals surface area contributed by atoms with E-state index in [1.165, 1.54) is 30.9 Å². The Balaban J connectivity index is 2.09. The fourth-order valence-electron chi connectivity index (χ4n) is 4.76. The first-order valence-corrected chi connectivity index (χ1v) is 12.7. The maximum Gasteiger partial charge on any atom is 0.338 e. The Morgan fingerprint density at radius 3 is 2.48 bits per heavy atom. The number of rotatable bonds is 11. The molecule has 0 saturated heterocycles. The zero-order valence-electron chi connectivity index (χ0n) is 21.1. The van der Waals surface area contributed by atoms with Crippen molar-refractivity contribution in [1.82, 2.24) is 0 Å². The average molecular weight is 475 g/mol. The van der Waals surface area contributed by atoms with Crippen LogP contribution in [-0.4, -0.2) is 12.6 Å². The van der Waals surface area contributed by atoms with E-state index in [2.05, 4.69) is 34.3 Å². The van der Waals surface area contributed by atoms with Crippen molar-refractivity contribution < 1.29 is 13.9 Å². The third kappa shape index (κ3) is 7.30. The molecule has 0 spiro atoms. The largest absolute Gasteiger partial charge is 0.462 e. The van der Waals surface area contributed by atoms with Crippen LogP contribution in [0.1, 0.15) is 108 Å². The minimum Gasteiger partial charge on any atom is -0.462 e. The monoisotopic (exact) mass is 474 g/mol. The molecule has 0 amide bonds. The van der Waals surface area contributed by atoms with Crippen molar-refractivity contribution in [3.8, 4) is 0 Å². The van der Waals surface area contributed by atoms with Gasteiger partial charge in [0, 0.05) is 5.56 Å². The summed E-state index contributed by atoms with van der Waals surface area (Å²) in [5, 5.41) is 0.197. The predicted octanol–water partition coefficient (Wildman–Crippen LogP) is 9.64. The molecule has 0 radical (unpaired) electrons. The zero-order valence-corrected chi connectivity index (χ0v) is 21.8. The summed E-state index contributed by atoms with van der Waals surface area (Å²) in [4.78, 5) is 12.4. The summed E-state index contributed by atoms with van der Waals surface area (Å²) >= 11 is 6.40. The van der Waals surface area contributed by atoms with E-state index in [4.69, 9.17) is 16.3 Å². The molecule has 0 bridgehead atoms. The van der Waals surface area contributed by atoms with Crippen LogP contribution in [0.4, 0.5) is 4.39 Å². The molecule has 0 saturated carbocycles. The van der Waals surface area contributed by atoms with E-state index >= 15 is 4.39 Å². The van der Waals surface area contributed by atoms with Gasteiger partial charge in [-0.25, -0.2) is 9.18 Å². The predicted molar refractivity (Wildman–Crippen MR) is 138 cm³/mol. The van der Waals surface area contributed by atoms with Gasteiger partial charge in [0.15, 0.2) is 0 Å². The van der Waals surface area contributed by atoms with Gasteiger partial charge in [0.05, 0.1) is 17.2 Å². The van der Waals surface area contributed by atoms with Crippen LogP contribution in [0.25, 0.3) is 5.83 Å². The molecule has 4 heteroatoms. The van der Waals surface area contributed by atoms with Crippen molar-refractivity contribution in [2.75, 3.05) is 6.61 Å². The Bertz CT molecular complexity index is 924. The van der Waals surface area contributed by atoms with Gasteiger partial charge in [-0.05, 0) is 79.9 Å². The van der Waals surface area contributed by atoms with Crippen molar-refractivity contribution in [2.24, 2.45) is 5.41 Å². The number of hydrogen-bond acceptors (Lipinski definition) is 2. The second-order valence-corrected chi connectivity index (χ2v) is 10.3. The fraction of sp³-hybridized carbons (Fsp3) is 0.552. The lowest BCUT2D eigenvalue weighted by Crippen LogP contribution is -2.22. The van der Waals surface area contributed by atoms with Crippen molar-refractivity contribution in [3.05, 3.63) is 63.2 Å². The second kappa shape index (κ2) is 12.6. The van der Waals surface area contributed by atoms with Gasteiger partial charge >= 0.3 is 5.97 Å². The Kier molecular flexibility index (Phi) is 10.4. The van der Waals surface area contributed by atoms with Crippen LogP contribution in [0.15, 0.2) is 47.1 Å². The van der Waals surface area contributed by atoms with Crippen molar-refractivity contribution >= 4 is 23.4 Å². The first kappa shape index (κ1) is 27.4. The fourth-order valence-corrected chi connectivity index (χ4v) is 5.03. The number of ether oxygens (including phenoxy) is 1. The summed E-state index contributed by atoms with van der Waals surface area (Å²) in [5.41, 5.74) is 4.22. The molecule has 1 aliphatic rings. The van der Waals surface area contributed by atoms with E-state index in [1.54, 1.807) is 19.1 Å². The maximum atomic E-state index is 15.5. The molecule has 0 N–H and O–H groups in total. The molecule has 33 heavy (non-hydrogen) atoms. The van der Waals surface area contributed by atoms with Crippen LogP contribution >= 0.6 is 11.6 Å². The lowest BCUT2D eigenvalue weighted by molar-refractivity contribution is 0.0497. The summed E-state index contributed by atoms with van der Waals surface area (Å²) in [7, 11) is 0. The molecule has 182 valence electrons. The number of carbonyl (C=O) groups is 1. The number of benzene rings is 1. The van der Waals surface area contributed by atoms with Gasteiger partial charge in [-0.1, -0.05) is 76.6 Å². The topological polar surface area (TPSA) is 26.3 Å². The van der Waals surface area contributed by atoms with E-state index < -0.39 is 11.8 Å². The minimum absolute atomic E-state index is 0.0334. The van der Waals surface area contributed by atoms with E-state index in [9.17, 15) is 4.79 Å². The molecule has 0 aromatic heterocycles. The Morgan fingerprint density at radius 1 is 1.18 bits per heavy atom. The normalized spacial score (nSPS) is 16.5. The van der Waals surface area contributed by atoms with Gasteiger partial charge < -0.3 is 4.74 Å². The smallest absolute Gasteiger partial charge is 0.338 e. The third-order valence-electron chi connectivity index (χ3n) is 6.71. The van der Waals surface area contributed by atoms with Gasteiger partial charge in [-0.15, -0.1) is 0 Å². The van der Waals surface area contributed by atoms with Gasteiger partial charge in [-0.2, -0.15) is 0 Å². The molecule has 0 unspecified atom stereocenters. The van der Waals surface area contributed by atoms with Crippen LogP contribution in [0.2, 0.25) is 5.02 Å². The average Bonchev–Trinajstić information content (AvgIpc) is 2.76. The van der Waals surface area contributed by atoms with Crippen LogP contribution in [0.3, 0.4) is 0 Å². The highest BCUT2D eigenvalue weighted by atomic mass is 35.5. The van der Waals surface area contributed by atoms with E-state index in [-0.39, 0.29) is 16.0 Å². The SMILES string of the molecule is C=C(C1=C(C)CCCC1(C)C)/C(C)=C(\F)c1ccc(C(=O)OCCCCCCCC)cc1Cl. The van der Waals surface area contributed by atoms with E-state index in [0.717, 1.165) is 49.7 Å². The highest BCUT2D eigenvalue weighted by Crippen LogP contribution is 2.46. The van der Waals surface area contributed by atoms with Crippen molar-refractivity contribution in [1.29, 1.82) is 0 Å².